The number of esters is 1. The van der Waals surface area contributed by atoms with Crippen LogP contribution >= 0.6 is 12.4 Å². The van der Waals surface area contributed by atoms with E-state index >= 15 is 0 Å². The van der Waals surface area contributed by atoms with Gasteiger partial charge in [0, 0.05) is 16.6 Å². The molecule has 1 saturated carbocycles. The number of hydrogen-bond acceptors (Lipinski definition) is 7. The number of anilines is 3. The lowest BCUT2D eigenvalue weighted by Crippen LogP contribution is -2.37. The van der Waals surface area contributed by atoms with Crippen molar-refractivity contribution in [2.24, 2.45) is 0 Å². The van der Waals surface area contributed by atoms with E-state index in [9.17, 15) is 4.79 Å². The first-order chi connectivity index (χ1) is 15.1. The van der Waals surface area contributed by atoms with Crippen LogP contribution in [0.5, 0.6) is 5.75 Å². The number of aromatic nitrogens is 2. The lowest BCUT2D eigenvalue weighted by Gasteiger charge is -2.34. The van der Waals surface area contributed by atoms with E-state index in [2.05, 4.69) is 17.6 Å². The molecule has 0 saturated heterocycles. The maximum Gasteiger partial charge on any atom is 0.343 e. The molecule has 1 aromatic heterocycles. The molecule has 0 spiro atoms. The van der Waals surface area contributed by atoms with Crippen molar-refractivity contribution in [1.82, 2.24) is 9.97 Å². The van der Waals surface area contributed by atoms with E-state index in [4.69, 9.17) is 19.4 Å². The molecule has 2 N–H and O–H groups in total. The van der Waals surface area contributed by atoms with Crippen molar-refractivity contribution in [2.45, 2.75) is 44.6 Å². The summed E-state index contributed by atoms with van der Waals surface area (Å²) in [6, 6.07) is 15.5. The average molecular weight is 457 g/mol. The van der Waals surface area contributed by atoms with Crippen LogP contribution in [0.2, 0.25) is 0 Å². The maximum atomic E-state index is 11.6. The number of fused-ring (bicyclic) bond motifs is 1. The van der Waals surface area contributed by atoms with Crippen molar-refractivity contribution in [1.29, 1.82) is 0 Å². The van der Waals surface area contributed by atoms with Crippen LogP contribution in [0, 0.1) is 0 Å². The van der Waals surface area contributed by atoms with Gasteiger partial charge in [-0.1, -0.05) is 43.5 Å². The molecular weight excluding hydrogens is 428 g/mol. The Kier molecular flexibility index (Phi) is 7.75. The average Bonchev–Trinajstić information content (AvgIpc) is 2.78. The van der Waals surface area contributed by atoms with Gasteiger partial charge >= 0.3 is 5.97 Å². The minimum atomic E-state index is -0.443. The van der Waals surface area contributed by atoms with E-state index in [1.165, 1.54) is 26.4 Å². The fourth-order valence-corrected chi connectivity index (χ4v) is 3.97. The van der Waals surface area contributed by atoms with Gasteiger partial charge in [-0.3, -0.25) is 0 Å². The Hall–Kier alpha value is -3.06. The predicted octanol–water partition coefficient (Wildman–Crippen LogP) is 5.48. The Bertz CT molecular complexity index is 1060. The first-order valence-corrected chi connectivity index (χ1v) is 10.7. The Morgan fingerprint density at radius 3 is 2.50 bits per heavy atom. The van der Waals surface area contributed by atoms with Gasteiger partial charge in [0.25, 0.3) is 0 Å². The molecule has 1 fully saturated rings. The highest BCUT2D eigenvalue weighted by atomic mass is 35.5. The molecule has 0 bridgehead atoms. The van der Waals surface area contributed by atoms with Crippen LogP contribution in [-0.2, 0) is 9.53 Å². The highest BCUT2D eigenvalue weighted by Crippen LogP contribution is 2.34. The number of ether oxygens (including phenoxy) is 2. The zero-order chi connectivity index (χ0) is 21.7. The lowest BCUT2D eigenvalue weighted by molar-refractivity contribution is -0.142. The largest absolute Gasteiger partial charge is 0.480 e. The van der Waals surface area contributed by atoms with E-state index in [1.54, 1.807) is 6.07 Å². The second kappa shape index (κ2) is 10.5. The molecular formula is C24H29ClN4O3. The number of nitrogens with one attached hydrogen (secondary N) is 2. The van der Waals surface area contributed by atoms with Crippen molar-refractivity contribution in [3.63, 3.8) is 0 Å². The molecule has 1 heterocycles. The number of benzene rings is 2. The van der Waals surface area contributed by atoms with Crippen LogP contribution in [0.4, 0.5) is 17.5 Å². The third-order valence-corrected chi connectivity index (χ3v) is 5.67. The summed E-state index contributed by atoms with van der Waals surface area (Å²) in [5, 5.41) is 7.78. The summed E-state index contributed by atoms with van der Waals surface area (Å²) < 4.78 is 10.4. The molecule has 3 aromatic rings. The minimum Gasteiger partial charge on any atom is -0.480 e. The summed E-state index contributed by atoms with van der Waals surface area (Å²) in [6.07, 6.45) is 5.81. The molecule has 0 amide bonds. The van der Waals surface area contributed by atoms with Gasteiger partial charge in [-0.15, -0.1) is 12.4 Å². The van der Waals surface area contributed by atoms with Crippen molar-refractivity contribution in [3.8, 4) is 5.75 Å². The van der Waals surface area contributed by atoms with Crippen LogP contribution in [0.3, 0.4) is 0 Å². The zero-order valence-electron chi connectivity index (χ0n) is 18.4. The number of carbonyl (C=O) groups excluding carboxylic acids is 1. The van der Waals surface area contributed by atoms with Crippen LogP contribution in [0.1, 0.15) is 39.0 Å². The zero-order valence-corrected chi connectivity index (χ0v) is 19.2. The van der Waals surface area contributed by atoms with E-state index in [-0.39, 0.29) is 24.6 Å². The van der Waals surface area contributed by atoms with Gasteiger partial charge in [-0.05, 0) is 44.0 Å². The molecule has 32 heavy (non-hydrogen) atoms. The van der Waals surface area contributed by atoms with Crippen molar-refractivity contribution < 1.29 is 14.3 Å². The van der Waals surface area contributed by atoms with Crippen LogP contribution in [0.15, 0.2) is 48.5 Å². The number of carbonyl (C=O) groups is 1. The number of nitrogens with zero attached hydrogens (tertiary/aromatic N) is 2. The van der Waals surface area contributed by atoms with E-state index in [1.807, 2.05) is 42.5 Å². The Labute approximate surface area is 194 Å². The normalized spacial score (nSPS) is 14.8. The fraction of sp³-hybridized carbons (Fsp3) is 0.375. The second-order valence-corrected chi connectivity index (χ2v) is 8.15. The molecule has 1 aliphatic carbocycles. The number of para-hydroxylation sites is 2. The quantitative estimate of drug-likeness (QED) is 0.455. The molecule has 0 aliphatic heterocycles. The summed E-state index contributed by atoms with van der Waals surface area (Å²) in [7, 11) is 1.34. The monoisotopic (exact) mass is 456 g/mol. The third kappa shape index (κ3) is 5.59. The Morgan fingerprint density at radius 2 is 1.78 bits per heavy atom. The van der Waals surface area contributed by atoms with Crippen LogP contribution in [0.25, 0.3) is 10.9 Å². The molecule has 0 unspecified atom stereocenters. The van der Waals surface area contributed by atoms with Crippen molar-refractivity contribution in [2.75, 3.05) is 24.4 Å². The molecule has 2 aromatic carbocycles. The number of methoxy groups -OCH3 is 1. The van der Waals surface area contributed by atoms with Crippen molar-refractivity contribution >= 4 is 46.7 Å². The molecule has 7 nitrogen and oxygen atoms in total. The SMILES string of the molecule is COC(=O)COc1cccc2c(Nc3ccccc3)nc(NC3(C)CCCCC3)nc12.Cl. The van der Waals surface area contributed by atoms with Crippen LogP contribution in [-0.4, -0.2) is 35.2 Å². The molecule has 1 aliphatic rings. The standard InChI is InChI=1S/C24H28N4O3.ClH/c1-24(14-7-4-8-15-24)28-23-26-21-18(12-9-13-19(21)31-16-20(29)30-2)22(27-23)25-17-10-5-3-6-11-17;/h3,5-6,9-13H,4,7-8,14-16H2,1-2H3,(H2,25,26,27,28);1H. The summed E-state index contributed by atoms with van der Waals surface area (Å²) in [5.41, 5.74) is 1.53. The van der Waals surface area contributed by atoms with Gasteiger partial charge in [-0.2, -0.15) is 4.98 Å². The maximum absolute atomic E-state index is 11.6. The number of halogens is 1. The van der Waals surface area contributed by atoms with Gasteiger partial charge in [0.05, 0.1) is 7.11 Å². The van der Waals surface area contributed by atoms with Gasteiger partial charge in [-0.25, -0.2) is 9.78 Å². The topological polar surface area (TPSA) is 85.4 Å². The van der Waals surface area contributed by atoms with Gasteiger partial charge in [0.1, 0.15) is 17.1 Å². The minimum absolute atomic E-state index is 0. The Morgan fingerprint density at radius 1 is 1.03 bits per heavy atom. The first kappa shape index (κ1) is 23.6. The number of rotatable bonds is 7. The highest BCUT2D eigenvalue weighted by molar-refractivity contribution is 5.95. The van der Waals surface area contributed by atoms with E-state index in [0.29, 0.717) is 23.0 Å². The van der Waals surface area contributed by atoms with Gasteiger partial charge < -0.3 is 20.1 Å². The molecule has 0 atom stereocenters. The molecule has 4 rings (SSSR count). The molecule has 0 radical (unpaired) electrons. The van der Waals surface area contributed by atoms with E-state index < -0.39 is 5.97 Å². The summed E-state index contributed by atoms with van der Waals surface area (Å²) in [5.74, 6) is 1.30. The Balaban J connectivity index is 0.00000289. The second-order valence-electron chi connectivity index (χ2n) is 8.15. The molecule has 8 heteroatoms. The van der Waals surface area contributed by atoms with Crippen molar-refractivity contribution in [3.05, 3.63) is 48.5 Å². The summed E-state index contributed by atoms with van der Waals surface area (Å²) in [6.45, 7) is 2.05. The number of hydrogen-bond donors (Lipinski definition) is 2. The van der Waals surface area contributed by atoms with Gasteiger partial charge in [0.15, 0.2) is 6.61 Å². The summed E-state index contributed by atoms with van der Waals surface area (Å²) in [4.78, 5) is 21.2. The summed E-state index contributed by atoms with van der Waals surface area (Å²) >= 11 is 0. The third-order valence-electron chi connectivity index (χ3n) is 5.67. The highest BCUT2D eigenvalue weighted by Gasteiger charge is 2.28. The smallest absolute Gasteiger partial charge is 0.343 e. The first-order valence-electron chi connectivity index (χ1n) is 10.7. The van der Waals surface area contributed by atoms with E-state index in [0.717, 1.165) is 23.9 Å². The van der Waals surface area contributed by atoms with Gasteiger partial charge in [0.2, 0.25) is 5.95 Å². The lowest BCUT2D eigenvalue weighted by atomic mass is 9.83. The van der Waals surface area contributed by atoms with Crippen LogP contribution < -0.4 is 15.4 Å². The molecule has 170 valence electrons. The predicted molar refractivity (Wildman–Crippen MR) is 129 cm³/mol. The fourth-order valence-electron chi connectivity index (χ4n) is 3.97.